The zero-order chi connectivity index (χ0) is 14.8. The van der Waals surface area contributed by atoms with Gasteiger partial charge in [0.1, 0.15) is 5.82 Å². The van der Waals surface area contributed by atoms with E-state index in [0.29, 0.717) is 17.8 Å². The van der Waals surface area contributed by atoms with Gasteiger partial charge in [0.15, 0.2) is 0 Å². The van der Waals surface area contributed by atoms with Crippen LogP contribution < -0.4 is 5.73 Å². The van der Waals surface area contributed by atoms with Gasteiger partial charge in [0.05, 0.1) is 5.56 Å². The van der Waals surface area contributed by atoms with Gasteiger partial charge >= 0.3 is 0 Å². The van der Waals surface area contributed by atoms with Crippen LogP contribution in [0.25, 0.3) is 0 Å². The van der Waals surface area contributed by atoms with E-state index in [1.165, 1.54) is 12.1 Å². The van der Waals surface area contributed by atoms with E-state index in [2.05, 4.69) is 0 Å². The van der Waals surface area contributed by atoms with Crippen LogP contribution in [0.4, 0.5) is 10.1 Å². The summed E-state index contributed by atoms with van der Waals surface area (Å²) in [5.41, 5.74) is 7.68. The van der Waals surface area contributed by atoms with E-state index in [1.807, 2.05) is 6.07 Å². The summed E-state index contributed by atoms with van der Waals surface area (Å²) in [5, 5.41) is 0. The number of nitrogens with two attached hydrogens (primary N) is 1. The molecule has 0 bridgehead atoms. The third-order valence-electron chi connectivity index (χ3n) is 3.68. The molecule has 1 fully saturated rings. The summed E-state index contributed by atoms with van der Waals surface area (Å²) < 4.78 is 13.3. The van der Waals surface area contributed by atoms with Crippen molar-refractivity contribution < 1.29 is 9.18 Å². The van der Waals surface area contributed by atoms with Gasteiger partial charge in [0.2, 0.25) is 0 Å². The van der Waals surface area contributed by atoms with Crippen molar-refractivity contribution in [3.63, 3.8) is 0 Å². The second-order valence-electron chi connectivity index (χ2n) is 5.38. The number of amides is 1. The summed E-state index contributed by atoms with van der Waals surface area (Å²) in [6.45, 7) is 0.412. The summed E-state index contributed by atoms with van der Waals surface area (Å²) in [6, 6.07) is 13.7. The van der Waals surface area contributed by atoms with Gasteiger partial charge in [-0.15, -0.1) is 0 Å². The molecule has 2 aromatic rings. The Hall–Kier alpha value is -2.36. The van der Waals surface area contributed by atoms with Crippen LogP contribution in [-0.4, -0.2) is 16.8 Å². The van der Waals surface area contributed by atoms with Gasteiger partial charge in [-0.05, 0) is 42.7 Å². The fourth-order valence-corrected chi connectivity index (χ4v) is 2.43. The highest BCUT2D eigenvalue weighted by Gasteiger charge is 2.33. The lowest BCUT2D eigenvalue weighted by Gasteiger charge is -2.23. The first-order chi connectivity index (χ1) is 10.1. The fraction of sp³-hybridized carbons (Fsp3) is 0.235. The molecule has 2 aromatic carbocycles. The molecule has 0 heterocycles. The number of hydrogen-bond acceptors (Lipinski definition) is 2. The topological polar surface area (TPSA) is 46.3 Å². The predicted molar refractivity (Wildman–Crippen MR) is 80.1 cm³/mol. The average molecular weight is 284 g/mol. The van der Waals surface area contributed by atoms with Crippen LogP contribution in [0.15, 0.2) is 48.5 Å². The maximum Gasteiger partial charge on any atom is 0.256 e. The number of hydrogen-bond donors (Lipinski definition) is 1. The van der Waals surface area contributed by atoms with Gasteiger partial charge < -0.3 is 10.6 Å². The molecule has 1 aliphatic rings. The summed E-state index contributed by atoms with van der Waals surface area (Å²) in [7, 11) is 0. The molecule has 0 aromatic heterocycles. The fourth-order valence-electron chi connectivity index (χ4n) is 2.43. The van der Waals surface area contributed by atoms with Crippen molar-refractivity contribution in [3.8, 4) is 0 Å². The summed E-state index contributed by atoms with van der Waals surface area (Å²) in [6.07, 6.45) is 1.99. The first-order valence-electron chi connectivity index (χ1n) is 7.05. The number of nitrogens with zero attached hydrogens (tertiary/aromatic N) is 1. The quantitative estimate of drug-likeness (QED) is 0.876. The molecule has 0 radical (unpaired) electrons. The van der Waals surface area contributed by atoms with Gasteiger partial charge in [-0.2, -0.15) is 0 Å². The number of para-hydroxylation sites is 1. The van der Waals surface area contributed by atoms with Crippen LogP contribution in [0.3, 0.4) is 0 Å². The second-order valence-corrected chi connectivity index (χ2v) is 5.38. The van der Waals surface area contributed by atoms with E-state index < -0.39 is 0 Å². The van der Waals surface area contributed by atoms with E-state index in [-0.39, 0.29) is 17.8 Å². The highest BCUT2D eigenvalue weighted by Crippen LogP contribution is 2.30. The number of rotatable bonds is 4. The number of carbonyl (C=O) groups is 1. The molecular formula is C17H17FN2O. The van der Waals surface area contributed by atoms with Gasteiger partial charge in [0.25, 0.3) is 5.91 Å². The van der Waals surface area contributed by atoms with E-state index in [1.54, 1.807) is 35.2 Å². The smallest absolute Gasteiger partial charge is 0.256 e. The molecule has 108 valence electrons. The Balaban J connectivity index is 1.85. The third kappa shape index (κ3) is 3.05. The van der Waals surface area contributed by atoms with E-state index in [0.717, 1.165) is 18.4 Å². The van der Waals surface area contributed by atoms with Crippen molar-refractivity contribution in [3.05, 3.63) is 65.5 Å². The number of anilines is 1. The Morgan fingerprint density at radius 1 is 1.19 bits per heavy atom. The summed E-state index contributed by atoms with van der Waals surface area (Å²) >= 11 is 0. The Morgan fingerprint density at radius 3 is 2.62 bits per heavy atom. The number of carbonyl (C=O) groups excluding carboxylic acids is 1. The second kappa shape index (κ2) is 5.56. The Kier molecular flexibility index (Phi) is 3.60. The summed E-state index contributed by atoms with van der Waals surface area (Å²) in [5.74, 6) is -0.366. The Labute approximate surface area is 123 Å². The minimum atomic E-state index is -0.282. The van der Waals surface area contributed by atoms with Crippen LogP contribution in [-0.2, 0) is 6.54 Å². The monoisotopic (exact) mass is 284 g/mol. The lowest BCUT2D eigenvalue weighted by molar-refractivity contribution is 0.0731. The van der Waals surface area contributed by atoms with Crippen LogP contribution in [0.2, 0.25) is 0 Å². The van der Waals surface area contributed by atoms with Crippen LogP contribution in [0, 0.1) is 5.82 Å². The molecule has 2 N–H and O–H groups in total. The molecule has 0 saturated heterocycles. The molecule has 21 heavy (non-hydrogen) atoms. The number of halogens is 1. The van der Waals surface area contributed by atoms with Gasteiger partial charge in [-0.25, -0.2) is 4.39 Å². The van der Waals surface area contributed by atoms with Crippen LogP contribution >= 0.6 is 0 Å². The predicted octanol–water partition coefficient (Wildman–Crippen LogP) is 3.21. The average Bonchev–Trinajstić information content (AvgIpc) is 3.29. The summed E-state index contributed by atoms with van der Waals surface area (Å²) in [4.78, 5) is 14.5. The lowest BCUT2D eigenvalue weighted by Crippen LogP contribution is -2.33. The molecule has 4 heteroatoms. The van der Waals surface area contributed by atoms with Crippen LogP contribution in [0.1, 0.15) is 28.8 Å². The molecule has 0 aliphatic heterocycles. The van der Waals surface area contributed by atoms with Crippen LogP contribution in [0.5, 0.6) is 0 Å². The number of benzene rings is 2. The lowest BCUT2D eigenvalue weighted by atomic mass is 10.1. The van der Waals surface area contributed by atoms with Gasteiger partial charge in [-0.1, -0.05) is 24.3 Å². The zero-order valence-corrected chi connectivity index (χ0v) is 11.6. The molecule has 0 spiro atoms. The minimum Gasteiger partial charge on any atom is -0.398 e. The maximum absolute atomic E-state index is 13.3. The minimum absolute atomic E-state index is 0.0835. The highest BCUT2D eigenvalue weighted by atomic mass is 19.1. The first kappa shape index (κ1) is 13.6. The van der Waals surface area contributed by atoms with Crippen molar-refractivity contribution in [2.24, 2.45) is 0 Å². The molecule has 0 unspecified atom stereocenters. The standard InChI is InChI=1S/C17H17FN2O/c18-13-5-3-4-12(10-13)11-20(14-8-9-14)17(21)15-6-1-2-7-16(15)19/h1-7,10,14H,8-9,11,19H2. The molecule has 0 atom stereocenters. The van der Waals surface area contributed by atoms with E-state index >= 15 is 0 Å². The molecule has 1 amide bonds. The van der Waals surface area contributed by atoms with Crippen molar-refractivity contribution in [2.45, 2.75) is 25.4 Å². The largest absolute Gasteiger partial charge is 0.398 e. The normalized spacial score (nSPS) is 14.0. The molecule has 1 aliphatic carbocycles. The van der Waals surface area contributed by atoms with E-state index in [9.17, 15) is 9.18 Å². The van der Waals surface area contributed by atoms with Crippen molar-refractivity contribution in [2.75, 3.05) is 5.73 Å². The molecule has 3 rings (SSSR count). The molecule has 1 saturated carbocycles. The number of nitrogen functional groups attached to an aromatic ring is 1. The third-order valence-corrected chi connectivity index (χ3v) is 3.68. The SMILES string of the molecule is Nc1ccccc1C(=O)N(Cc1cccc(F)c1)C1CC1. The first-order valence-corrected chi connectivity index (χ1v) is 7.05. The van der Waals surface area contributed by atoms with E-state index in [4.69, 9.17) is 5.73 Å². The Bertz CT molecular complexity index is 667. The zero-order valence-electron chi connectivity index (χ0n) is 11.6. The van der Waals surface area contributed by atoms with Gasteiger partial charge in [0, 0.05) is 18.3 Å². The van der Waals surface area contributed by atoms with Crippen molar-refractivity contribution >= 4 is 11.6 Å². The maximum atomic E-state index is 13.3. The highest BCUT2D eigenvalue weighted by molar-refractivity contribution is 5.99. The molecular weight excluding hydrogens is 267 g/mol. The van der Waals surface area contributed by atoms with Gasteiger partial charge in [-0.3, -0.25) is 4.79 Å². The Morgan fingerprint density at radius 2 is 1.95 bits per heavy atom. The van der Waals surface area contributed by atoms with Crippen molar-refractivity contribution in [1.82, 2.24) is 4.90 Å². The molecule has 3 nitrogen and oxygen atoms in total. The van der Waals surface area contributed by atoms with Crippen molar-refractivity contribution in [1.29, 1.82) is 0 Å².